The van der Waals surface area contributed by atoms with Gasteiger partial charge in [0.05, 0.1) is 16.6 Å². The van der Waals surface area contributed by atoms with Crippen molar-refractivity contribution in [3.05, 3.63) is 17.2 Å². The Balaban J connectivity index is 2.35. The van der Waals surface area contributed by atoms with Gasteiger partial charge in [-0.3, -0.25) is 4.68 Å². The van der Waals surface area contributed by atoms with Crippen LogP contribution in [0.25, 0.3) is 11.5 Å². The van der Waals surface area contributed by atoms with Gasteiger partial charge in [0.25, 0.3) is 5.89 Å². The fraction of sp³-hybridized carbons (Fsp3) is 0.583. The molecule has 0 saturated carbocycles. The first-order valence-corrected chi connectivity index (χ1v) is 6.46. The van der Waals surface area contributed by atoms with E-state index in [1.807, 2.05) is 20.9 Å². The van der Waals surface area contributed by atoms with Gasteiger partial charge in [-0.05, 0) is 20.3 Å². The van der Waals surface area contributed by atoms with Crippen LogP contribution in [0, 0.1) is 13.8 Å². The van der Waals surface area contributed by atoms with Crippen LogP contribution in [0.1, 0.15) is 42.4 Å². The van der Waals surface area contributed by atoms with Crippen molar-refractivity contribution in [2.75, 3.05) is 0 Å². The lowest BCUT2D eigenvalue weighted by molar-refractivity contribution is 0.420. The first-order chi connectivity index (χ1) is 8.54. The summed E-state index contributed by atoms with van der Waals surface area (Å²) < 4.78 is 7.10. The number of halogens is 1. The van der Waals surface area contributed by atoms with Crippen molar-refractivity contribution < 1.29 is 4.52 Å². The van der Waals surface area contributed by atoms with Gasteiger partial charge in [0.2, 0.25) is 0 Å². The average molecular weight is 269 g/mol. The minimum Gasteiger partial charge on any atom is -0.334 e. The Kier molecular flexibility index (Phi) is 3.71. The molecule has 0 aliphatic heterocycles. The maximum absolute atomic E-state index is 6.19. The van der Waals surface area contributed by atoms with Gasteiger partial charge in [0.1, 0.15) is 0 Å². The Labute approximate surface area is 111 Å². The Morgan fingerprint density at radius 3 is 2.67 bits per heavy atom. The van der Waals surface area contributed by atoms with E-state index in [-0.39, 0.29) is 5.38 Å². The normalized spacial score (nSPS) is 12.9. The smallest absolute Gasteiger partial charge is 0.261 e. The van der Waals surface area contributed by atoms with Crippen molar-refractivity contribution in [1.29, 1.82) is 0 Å². The third kappa shape index (κ3) is 2.27. The molecule has 0 bridgehead atoms. The van der Waals surface area contributed by atoms with Gasteiger partial charge in [0, 0.05) is 12.7 Å². The van der Waals surface area contributed by atoms with E-state index in [4.69, 9.17) is 16.1 Å². The van der Waals surface area contributed by atoms with Crippen molar-refractivity contribution in [2.45, 2.75) is 39.0 Å². The highest BCUT2D eigenvalue weighted by atomic mass is 35.5. The predicted octanol–water partition coefficient (Wildman–Crippen LogP) is 3.17. The molecular formula is C12H17ClN4O. The lowest BCUT2D eigenvalue weighted by Gasteiger charge is -1.99. The fourth-order valence-electron chi connectivity index (χ4n) is 1.93. The summed E-state index contributed by atoms with van der Waals surface area (Å²) in [5, 5.41) is 8.09. The Hall–Kier alpha value is -1.36. The molecule has 0 fully saturated rings. The van der Waals surface area contributed by atoms with Crippen LogP contribution in [0.15, 0.2) is 4.52 Å². The minimum atomic E-state index is -0.190. The van der Waals surface area contributed by atoms with Crippen molar-refractivity contribution in [3.63, 3.8) is 0 Å². The molecule has 0 saturated heterocycles. The number of hydrogen-bond acceptors (Lipinski definition) is 4. The van der Waals surface area contributed by atoms with Gasteiger partial charge in [-0.2, -0.15) is 10.1 Å². The van der Waals surface area contributed by atoms with E-state index in [9.17, 15) is 0 Å². The number of aromatic nitrogens is 4. The number of nitrogens with zero attached hydrogens (tertiary/aromatic N) is 4. The molecule has 0 spiro atoms. The van der Waals surface area contributed by atoms with Crippen molar-refractivity contribution in [3.8, 4) is 11.5 Å². The SMILES string of the molecule is CCCC(Cl)c1noc(-c2c(C)nn(C)c2C)n1. The summed E-state index contributed by atoms with van der Waals surface area (Å²) in [6.45, 7) is 5.98. The van der Waals surface area contributed by atoms with Crippen molar-refractivity contribution >= 4 is 11.6 Å². The Bertz CT molecular complexity index is 546. The molecule has 1 unspecified atom stereocenters. The van der Waals surface area contributed by atoms with E-state index in [1.165, 1.54) is 0 Å². The summed E-state index contributed by atoms with van der Waals surface area (Å²) in [5.74, 6) is 1.05. The third-order valence-corrected chi connectivity index (χ3v) is 3.40. The van der Waals surface area contributed by atoms with Gasteiger partial charge < -0.3 is 4.52 Å². The van der Waals surface area contributed by atoms with E-state index in [0.717, 1.165) is 29.8 Å². The van der Waals surface area contributed by atoms with Crippen molar-refractivity contribution in [2.24, 2.45) is 7.05 Å². The second-order valence-electron chi connectivity index (χ2n) is 4.38. The molecule has 0 aromatic carbocycles. The standard InChI is InChI=1S/C12H17ClN4O/c1-5-6-9(13)11-14-12(18-16-11)10-7(2)15-17(4)8(10)3/h9H,5-6H2,1-4H3. The summed E-state index contributed by atoms with van der Waals surface area (Å²) in [6, 6.07) is 0. The van der Waals surface area contributed by atoms with Gasteiger partial charge in [-0.25, -0.2) is 0 Å². The molecule has 0 N–H and O–H groups in total. The van der Waals surface area contributed by atoms with Crippen LogP contribution in [0.2, 0.25) is 0 Å². The highest BCUT2D eigenvalue weighted by Crippen LogP contribution is 2.28. The van der Waals surface area contributed by atoms with E-state index >= 15 is 0 Å². The highest BCUT2D eigenvalue weighted by molar-refractivity contribution is 6.20. The molecule has 1 atom stereocenters. The molecule has 2 heterocycles. The minimum absolute atomic E-state index is 0.190. The molecule has 0 aliphatic rings. The van der Waals surface area contributed by atoms with Crippen LogP contribution in [-0.4, -0.2) is 19.9 Å². The molecule has 2 aromatic rings. The lowest BCUT2D eigenvalue weighted by atomic mass is 10.2. The quantitative estimate of drug-likeness (QED) is 0.799. The first-order valence-electron chi connectivity index (χ1n) is 6.02. The lowest BCUT2D eigenvalue weighted by Crippen LogP contribution is -1.93. The average Bonchev–Trinajstić information content (AvgIpc) is 2.86. The van der Waals surface area contributed by atoms with Crippen LogP contribution in [0.4, 0.5) is 0 Å². The molecule has 2 rings (SSSR count). The molecule has 18 heavy (non-hydrogen) atoms. The summed E-state index contributed by atoms with van der Waals surface area (Å²) in [5.41, 5.74) is 2.78. The summed E-state index contributed by atoms with van der Waals surface area (Å²) in [7, 11) is 1.89. The molecule has 0 amide bonds. The van der Waals surface area contributed by atoms with Crippen molar-refractivity contribution in [1.82, 2.24) is 19.9 Å². The van der Waals surface area contributed by atoms with Crippen LogP contribution < -0.4 is 0 Å². The zero-order valence-corrected chi connectivity index (χ0v) is 11.8. The van der Waals surface area contributed by atoms with E-state index in [2.05, 4.69) is 22.2 Å². The van der Waals surface area contributed by atoms with Crippen LogP contribution >= 0.6 is 11.6 Å². The van der Waals surface area contributed by atoms with Gasteiger partial charge in [-0.15, -0.1) is 11.6 Å². The van der Waals surface area contributed by atoms with E-state index in [1.54, 1.807) is 4.68 Å². The summed E-state index contributed by atoms with van der Waals surface area (Å²) in [4.78, 5) is 4.37. The summed E-state index contributed by atoms with van der Waals surface area (Å²) >= 11 is 6.19. The van der Waals surface area contributed by atoms with Gasteiger partial charge in [0.15, 0.2) is 5.82 Å². The van der Waals surface area contributed by atoms with Crippen LogP contribution in [0.5, 0.6) is 0 Å². The topological polar surface area (TPSA) is 56.7 Å². The predicted molar refractivity (Wildman–Crippen MR) is 69.5 cm³/mol. The molecule has 0 radical (unpaired) electrons. The van der Waals surface area contributed by atoms with Crippen LogP contribution in [0.3, 0.4) is 0 Å². The first kappa shape index (κ1) is 13.1. The summed E-state index contributed by atoms with van der Waals surface area (Å²) in [6.07, 6.45) is 1.83. The zero-order valence-electron chi connectivity index (χ0n) is 11.1. The second-order valence-corrected chi connectivity index (χ2v) is 4.91. The number of aryl methyl sites for hydroxylation is 2. The molecule has 98 valence electrons. The molecule has 5 nitrogen and oxygen atoms in total. The molecule has 6 heteroatoms. The largest absolute Gasteiger partial charge is 0.334 e. The Morgan fingerprint density at radius 2 is 2.11 bits per heavy atom. The third-order valence-electron chi connectivity index (χ3n) is 2.99. The molecular weight excluding hydrogens is 252 g/mol. The zero-order chi connectivity index (χ0) is 13.3. The van der Waals surface area contributed by atoms with Crippen LogP contribution in [-0.2, 0) is 7.05 Å². The van der Waals surface area contributed by atoms with Gasteiger partial charge >= 0.3 is 0 Å². The maximum Gasteiger partial charge on any atom is 0.261 e. The highest BCUT2D eigenvalue weighted by Gasteiger charge is 2.20. The van der Waals surface area contributed by atoms with Gasteiger partial charge in [-0.1, -0.05) is 18.5 Å². The number of alkyl halides is 1. The maximum atomic E-state index is 6.19. The number of hydrogen-bond donors (Lipinski definition) is 0. The fourth-order valence-corrected chi connectivity index (χ4v) is 2.24. The Morgan fingerprint density at radius 1 is 1.39 bits per heavy atom. The number of rotatable bonds is 4. The monoisotopic (exact) mass is 268 g/mol. The second kappa shape index (κ2) is 5.10. The van der Waals surface area contributed by atoms with E-state index < -0.39 is 0 Å². The molecule has 0 aliphatic carbocycles. The molecule has 2 aromatic heterocycles. The van der Waals surface area contributed by atoms with E-state index in [0.29, 0.717) is 11.7 Å².